The molecule has 1 aliphatic heterocycles. The van der Waals surface area contributed by atoms with Crippen molar-refractivity contribution in [3.8, 4) is 11.1 Å². The summed E-state index contributed by atoms with van der Waals surface area (Å²) in [6.07, 6.45) is 8.07. The first-order valence-electron chi connectivity index (χ1n) is 9.88. The molecule has 0 atom stereocenters. The maximum atomic E-state index is 4.81. The Bertz CT molecular complexity index is 1050. The van der Waals surface area contributed by atoms with Crippen LogP contribution in [-0.4, -0.2) is 37.6 Å². The molecule has 1 aromatic carbocycles. The molecule has 1 aliphatic rings. The van der Waals surface area contributed by atoms with Crippen LogP contribution in [0.3, 0.4) is 0 Å². The van der Waals surface area contributed by atoms with E-state index in [0.717, 1.165) is 49.5 Å². The molecule has 0 spiro atoms. The van der Waals surface area contributed by atoms with Gasteiger partial charge in [-0.15, -0.1) is 0 Å². The summed E-state index contributed by atoms with van der Waals surface area (Å²) in [6, 6.07) is 18.7. The van der Waals surface area contributed by atoms with Crippen molar-refractivity contribution < 1.29 is 0 Å². The lowest BCUT2D eigenvalue weighted by molar-refractivity contribution is 0.201. The van der Waals surface area contributed by atoms with Crippen LogP contribution in [0.2, 0.25) is 0 Å². The van der Waals surface area contributed by atoms with Crippen LogP contribution in [0.1, 0.15) is 30.1 Å². The van der Waals surface area contributed by atoms with Gasteiger partial charge in [0, 0.05) is 36.6 Å². The maximum Gasteiger partial charge on any atom is 0.155 e. The Morgan fingerprint density at radius 3 is 2.54 bits per heavy atom. The minimum Gasteiger partial charge on any atom is -0.299 e. The number of hydrogen-bond acceptors (Lipinski definition) is 4. The van der Waals surface area contributed by atoms with Crippen molar-refractivity contribution in [3.63, 3.8) is 0 Å². The van der Waals surface area contributed by atoms with Crippen molar-refractivity contribution in [2.75, 3.05) is 13.1 Å². The lowest BCUT2D eigenvalue weighted by atomic mass is 9.96. The van der Waals surface area contributed by atoms with Gasteiger partial charge in [0.25, 0.3) is 0 Å². The monoisotopic (exact) mass is 369 g/mol. The van der Waals surface area contributed by atoms with Gasteiger partial charge in [0.05, 0.1) is 0 Å². The molecule has 0 amide bonds. The molecule has 28 heavy (non-hydrogen) atoms. The largest absolute Gasteiger partial charge is 0.299 e. The van der Waals surface area contributed by atoms with E-state index in [4.69, 9.17) is 10.1 Å². The Kier molecular flexibility index (Phi) is 4.59. The molecule has 4 aromatic rings. The molecule has 1 saturated heterocycles. The fraction of sp³-hybridized carbons (Fsp3) is 0.261. The smallest absolute Gasteiger partial charge is 0.155 e. The van der Waals surface area contributed by atoms with E-state index in [-0.39, 0.29) is 0 Å². The average molecular weight is 369 g/mol. The average Bonchev–Trinajstić information content (AvgIpc) is 3.19. The number of aromatic nitrogens is 4. The summed E-state index contributed by atoms with van der Waals surface area (Å²) >= 11 is 0. The third kappa shape index (κ3) is 3.53. The van der Waals surface area contributed by atoms with Crippen LogP contribution in [0.5, 0.6) is 0 Å². The van der Waals surface area contributed by atoms with Gasteiger partial charge in [-0.3, -0.25) is 9.88 Å². The molecule has 5 rings (SSSR count). The summed E-state index contributed by atoms with van der Waals surface area (Å²) in [7, 11) is 0. The van der Waals surface area contributed by atoms with Crippen LogP contribution in [0.4, 0.5) is 0 Å². The lowest BCUT2D eigenvalue weighted by Gasteiger charge is -2.30. The van der Waals surface area contributed by atoms with Crippen LogP contribution >= 0.6 is 0 Å². The number of pyridine rings is 2. The first-order valence-corrected chi connectivity index (χ1v) is 9.88. The Labute approximate surface area is 164 Å². The summed E-state index contributed by atoms with van der Waals surface area (Å²) in [5, 5.41) is 4.81. The van der Waals surface area contributed by atoms with Crippen LogP contribution in [0, 0.1) is 0 Å². The predicted molar refractivity (Wildman–Crippen MR) is 110 cm³/mol. The summed E-state index contributed by atoms with van der Waals surface area (Å²) in [6.45, 7) is 3.12. The zero-order valence-corrected chi connectivity index (χ0v) is 15.8. The zero-order valence-electron chi connectivity index (χ0n) is 15.8. The quantitative estimate of drug-likeness (QED) is 0.542. The highest BCUT2D eigenvalue weighted by molar-refractivity contribution is 5.64. The lowest BCUT2D eigenvalue weighted by Crippen LogP contribution is -2.32. The highest BCUT2D eigenvalue weighted by atomic mass is 15.3. The Balaban J connectivity index is 1.29. The van der Waals surface area contributed by atoms with Crippen molar-refractivity contribution in [3.05, 3.63) is 84.6 Å². The Morgan fingerprint density at radius 2 is 1.75 bits per heavy atom. The minimum absolute atomic E-state index is 0.435. The van der Waals surface area contributed by atoms with E-state index in [0.29, 0.717) is 5.92 Å². The second-order valence-corrected chi connectivity index (χ2v) is 7.47. The van der Waals surface area contributed by atoms with Crippen LogP contribution in [0.25, 0.3) is 16.8 Å². The molecular weight excluding hydrogens is 346 g/mol. The molecule has 0 aliphatic carbocycles. The van der Waals surface area contributed by atoms with Gasteiger partial charge in [-0.25, -0.2) is 9.50 Å². The summed E-state index contributed by atoms with van der Waals surface area (Å²) < 4.78 is 1.93. The minimum atomic E-state index is 0.435. The highest BCUT2D eigenvalue weighted by Gasteiger charge is 2.24. The number of benzene rings is 1. The topological polar surface area (TPSA) is 46.3 Å². The van der Waals surface area contributed by atoms with Crippen LogP contribution in [0.15, 0.2) is 73.2 Å². The first-order chi connectivity index (χ1) is 13.8. The van der Waals surface area contributed by atoms with Crippen LogP contribution in [-0.2, 0) is 6.54 Å². The number of fused-ring (bicyclic) bond motifs is 1. The highest BCUT2D eigenvalue weighted by Crippen LogP contribution is 2.27. The molecule has 5 nitrogen and oxygen atoms in total. The predicted octanol–water partition coefficient (Wildman–Crippen LogP) is 4.17. The summed E-state index contributed by atoms with van der Waals surface area (Å²) in [4.78, 5) is 11.5. The third-order valence-electron chi connectivity index (χ3n) is 5.54. The molecule has 4 heterocycles. The normalized spacial score (nSPS) is 15.9. The molecule has 0 N–H and O–H groups in total. The van der Waals surface area contributed by atoms with Gasteiger partial charge < -0.3 is 0 Å². The number of hydrogen-bond donors (Lipinski definition) is 0. The van der Waals surface area contributed by atoms with Gasteiger partial charge in [0.1, 0.15) is 0 Å². The summed E-state index contributed by atoms with van der Waals surface area (Å²) in [5.41, 5.74) is 4.56. The van der Waals surface area contributed by atoms with Gasteiger partial charge in [-0.2, -0.15) is 5.10 Å². The second kappa shape index (κ2) is 7.52. The fourth-order valence-electron chi connectivity index (χ4n) is 3.97. The molecule has 3 aromatic heterocycles. The van der Waals surface area contributed by atoms with Crippen molar-refractivity contribution in [1.82, 2.24) is 24.5 Å². The molecule has 1 fully saturated rings. The van der Waals surface area contributed by atoms with E-state index in [2.05, 4.69) is 58.5 Å². The van der Waals surface area contributed by atoms with Crippen molar-refractivity contribution in [2.24, 2.45) is 0 Å². The van der Waals surface area contributed by atoms with Gasteiger partial charge in [-0.05, 0) is 55.3 Å². The standard InChI is InChI=1S/C23H23N5/c1-2-6-19(7-3-1)21-8-9-22-25-23(26-28(22)17-21)20-10-13-27(14-11-20)16-18-5-4-12-24-15-18/h1-9,12,15,17,20H,10-11,13-14,16H2. The van der Waals surface area contributed by atoms with E-state index in [9.17, 15) is 0 Å². The molecule has 0 saturated carbocycles. The zero-order chi connectivity index (χ0) is 18.8. The van der Waals surface area contributed by atoms with Gasteiger partial charge in [0.15, 0.2) is 11.5 Å². The SMILES string of the molecule is c1ccc(-c2ccc3nc(C4CCN(Cc5cccnc5)CC4)nn3c2)cc1. The van der Waals surface area contributed by atoms with Gasteiger partial charge in [-0.1, -0.05) is 36.4 Å². The van der Waals surface area contributed by atoms with E-state index in [1.54, 1.807) is 0 Å². The molecule has 0 radical (unpaired) electrons. The van der Waals surface area contributed by atoms with Crippen molar-refractivity contribution in [2.45, 2.75) is 25.3 Å². The maximum absolute atomic E-state index is 4.81. The van der Waals surface area contributed by atoms with Gasteiger partial charge >= 0.3 is 0 Å². The third-order valence-corrected chi connectivity index (χ3v) is 5.54. The van der Waals surface area contributed by atoms with E-state index < -0.39 is 0 Å². The van der Waals surface area contributed by atoms with Gasteiger partial charge in [0.2, 0.25) is 0 Å². The fourth-order valence-corrected chi connectivity index (χ4v) is 3.97. The van der Waals surface area contributed by atoms with Crippen LogP contribution < -0.4 is 0 Å². The number of piperidine rings is 1. The van der Waals surface area contributed by atoms with E-state index in [1.165, 1.54) is 11.1 Å². The molecule has 0 unspecified atom stereocenters. The van der Waals surface area contributed by atoms with Crippen molar-refractivity contribution in [1.29, 1.82) is 0 Å². The Morgan fingerprint density at radius 1 is 0.893 bits per heavy atom. The Hall–Kier alpha value is -3.05. The first kappa shape index (κ1) is 17.1. The van der Waals surface area contributed by atoms with E-state index in [1.807, 2.05) is 29.0 Å². The molecule has 140 valence electrons. The number of likely N-dealkylation sites (tertiary alicyclic amines) is 1. The molecular formula is C23H23N5. The molecule has 0 bridgehead atoms. The summed E-state index contributed by atoms with van der Waals surface area (Å²) in [5.74, 6) is 1.41. The second-order valence-electron chi connectivity index (χ2n) is 7.47. The number of rotatable bonds is 4. The molecule has 5 heteroatoms. The number of nitrogens with zero attached hydrogens (tertiary/aromatic N) is 5. The van der Waals surface area contributed by atoms with Crippen molar-refractivity contribution >= 4 is 5.65 Å². The van der Waals surface area contributed by atoms with E-state index >= 15 is 0 Å².